The number of carbonyl (C=O) groups is 3. The van der Waals surface area contributed by atoms with Gasteiger partial charge in [0, 0.05) is 50.9 Å². The van der Waals surface area contributed by atoms with Crippen molar-refractivity contribution in [3.8, 4) is 0 Å². The largest absolute Gasteiger partial charge is 1.00 e. The average Bonchev–Trinajstić information content (AvgIpc) is 3.83. The Morgan fingerprint density at radius 2 is 1.80 bits per heavy atom. The van der Waals surface area contributed by atoms with Crippen molar-refractivity contribution < 1.29 is 52.3 Å². The number of halogens is 1. The number of rotatable bonds is 9. The van der Waals surface area contributed by atoms with Crippen molar-refractivity contribution in [1.82, 2.24) is 20.6 Å². The highest BCUT2D eigenvalue weighted by Crippen LogP contribution is 2.59. The summed E-state index contributed by atoms with van der Waals surface area (Å²) in [6.45, 7) is 16.6. The number of hydrogen-bond acceptors (Lipinski definition) is 7. The van der Waals surface area contributed by atoms with Crippen molar-refractivity contribution in [1.29, 1.82) is 0 Å². The van der Waals surface area contributed by atoms with Crippen LogP contribution in [0.15, 0.2) is 30.9 Å². The van der Waals surface area contributed by atoms with E-state index in [0.717, 1.165) is 30.3 Å². The highest BCUT2D eigenvalue weighted by molar-refractivity contribution is 6.17. The third kappa shape index (κ3) is 6.27. The van der Waals surface area contributed by atoms with E-state index in [-0.39, 0.29) is 59.4 Å². The number of likely N-dealkylation sites (N-methyl/N-ethyl adjacent to an activating group) is 1. The average molecular weight is 816 g/mol. The Hall–Kier alpha value is -2.74. The second kappa shape index (κ2) is 13.6. The van der Waals surface area contributed by atoms with Crippen molar-refractivity contribution in [2.45, 2.75) is 101 Å². The molecular weight excluding hydrogens is 757 g/mol. The molecule has 11 heteroatoms. The van der Waals surface area contributed by atoms with E-state index >= 15 is 0 Å². The first-order chi connectivity index (χ1) is 23.4. The molecule has 2 aromatic rings. The number of nitrogens with one attached hydrogen (secondary N) is 4. The number of nitrogens with zero attached hydrogens (tertiary/aromatic N) is 1. The number of ketones is 1. The fourth-order valence-electron chi connectivity index (χ4n) is 10.5. The number of aromatic nitrogens is 2. The molecule has 0 saturated carbocycles. The number of esters is 2. The van der Waals surface area contributed by atoms with E-state index in [1.54, 1.807) is 6.08 Å². The first kappa shape index (κ1) is 39.5. The number of carbonyl (C=O) groups excluding carboxylic acids is 3. The van der Waals surface area contributed by atoms with E-state index in [2.05, 4.69) is 94.2 Å². The number of aryl methyl sites for hydroxylation is 1. The summed E-state index contributed by atoms with van der Waals surface area (Å²) in [4.78, 5) is 49.2. The lowest BCUT2D eigenvalue weighted by molar-refractivity contribution is -0.870. The number of fused-ring (bicyclic) bond motifs is 8. The number of ether oxygens (including phenoxy) is 2. The van der Waals surface area contributed by atoms with Gasteiger partial charge in [0.25, 0.3) is 0 Å². The third-order valence-corrected chi connectivity index (χ3v) is 13.1. The van der Waals surface area contributed by atoms with Gasteiger partial charge in [-0.1, -0.05) is 40.2 Å². The van der Waals surface area contributed by atoms with Crippen LogP contribution in [-0.2, 0) is 35.7 Å². The second-order valence-corrected chi connectivity index (χ2v) is 17.1. The van der Waals surface area contributed by atoms with Crippen LogP contribution in [0.25, 0.3) is 12.2 Å². The molecule has 8 atom stereocenters. The first-order valence-electron chi connectivity index (χ1n) is 18.3. The van der Waals surface area contributed by atoms with Crippen LogP contribution in [0.1, 0.15) is 83.7 Å². The van der Waals surface area contributed by atoms with Crippen LogP contribution in [0.3, 0.4) is 0 Å². The minimum atomic E-state index is -1.76. The smallest absolute Gasteiger partial charge is 0.338 e. The second-order valence-electron chi connectivity index (χ2n) is 17.1. The highest BCUT2D eigenvalue weighted by Gasteiger charge is 2.68. The normalized spacial score (nSPS) is 36.7. The zero-order chi connectivity index (χ0) is 36.5. The molecule has 2 aromatic heterocycles. The minimum absolute atomic E-state index is 0. The maximum absolute atomic E-state index is 14.7. The molecule has 3 aliphatic heterocycles. The fourth-order valence-corrected chi connectivity index (χ4v) is 10.5. The molecule has 8 bridgehead atoms. The molecule has 280 valence electrons. The lowest BCUT2D eigenvalue weighted by Crippen LogP contribution is -3.00. The highest BCUT2D eigenvalue weighted by atomic mass is 127. The van der Waals surface area contributed by atoms with E-state index < -0.39 is 34.0 Å². The lowest BCUT2D eigenvalue weighted by atomic mass is 9.61. The van der Waals surface area contributed by atoms with Crippen LogP contribution in [0, 0.1) is 17.8 Å². The van der Waals surface area contributed by atoms with Crippen molar-refractivity contribution in [3.05, 3.63) is 58.5 Å². The van der Waals surface area contributed by atoms with Crippen molar-refractivity contribution in [2.24, 2.45) is 17.8 Å². The third-order valence-electron chi connectivity index (χ3n) is 13.1. The Labute approximate surface area is 319 Å². The van der Waals surface area contributed by atoms with Crippen LogP contribution in [0.4, 0.5) is 0 Å². The van der Waals surface area contributed by atoms with Gasteiger partial charge in [-0.3, -0.25) is 14.9 Å². The quantitative estimate of drug-likeness (QED) is 0.0925. The molecule has 4 N–H and O–H groups in total. The van der Waals surface area contributed by atoms with Gasteiger partial charge in [0.2, 0.25) is 0 Å². The van der Waals surface area contributed by atoms with Crippen molar-refractivity contribution in [3.63, 3.8) is 0 Å². The van der Waals surface area contributed by atoms with Gasteiger partial charge in [-0.05, 0) is 80.4 Å². The van der Waals surface area contributed by atoms with Gasteiger partial charge in [0.15, 0.2) is 11.3 Å². The molecule has 4 aliphatic rings. The predicted molar refractivity (Wildman–Crippen MR) is 194 cm³/mol. The molecule has 5 heterocycles. The van der Waals surface area contributed by atoms with Gasteiger partial charge in [0.05, 0.1) is 33.8 Å². The molecule has 8 unspecified atom stereocenters. The maximum atomic E-state index is 14.7. The maximum Gasteiger partial charge on any atom is 0.338 e. The Bertz CT molecular complexity index is 1830. The molecule has 0 spiro atoms. The molecule has 51 heavy (non-hydrogen) atoms. The van der Waals surface area contributed by atoms with Gasteiger partial charge in [-0.15, -0.1) is 6.58 Å². The first-order valence-corrected chi connectivity index (χ1v) is 18.3. The summed E-state index contributed by atoms with van der Waals surface area (Å²) in [5.41, 5.74) is -0.412. The molecular formula is C40H58IN5O5. The number of Topliss-reactive ketones (excluding diaryl/α,β-unsaturated/α-hetero) is 1. The van der Waals surface area contributed by atoms with Gasteiger partial charge in [-0.2, -0.15) is 0 Å². The molecule has 6 rings (SSSR count). The summed E-state index contributed by atoms with van der Waals surface area (Å²) in [5, 5.41) is 9.33. The Balaban J connectivity index is 0.00000504. The summed E-state index contributed by atoms with van der Waals surface area (Å²) in [5.74, 6) is -1.51. The Morgan fingerprint density at radius 3 is 2.45 bits per heavy atom. The summed E-state index contributed by atoms with van der Waals surface area (Å²) in [6.07, 6.45) is 9.61. The number of H-pyrrole nitrogens is 2. The zero-order valence-corrected chi connectivity index (χ0v) is 34.1. The van der Waals surface area contributed by atoms with Crippen LogP contribution >= 0.6 is 0 Å². The van der Waals surface area contributed by atoms with Crippen molar-refractivity contribution >= 4 is 29.9 Å². The Morgan fingerprint density at radius 1 is 1.10 bits per heavy atom. The van der Waals surface area contributed by atoms with Gasteiger partial charge in [0.1, 0.15) is 13.2 Å². The lowest BCUT2D eigenvalue weighted by Gasteiger charge is -2.48. The van der Waals surface area contributed by atoms with Crippen LogP contribution < -0.4 is 45.3 Å². The molecule has 10 nitrogen and oxygen atoms in total. The standard InChI is InChI=1S/C40H58N5O5.HI/c1-11-31-25(3)40(12-2)36(5)17-15-27-21-30(42-33(27)36)22-28-13-14-29(41-28)23-39(35(48)49-10)34(47)26(4)38(44-39,24-37(31,6)43-40)18-16-32(46)50-20-19-45(7,8)9;/h12-14,21-23,25-26,31,41-44H,2,11,15-20,24H2,1,3-10H3;1H/q+1;/p-1/b28-22-,29-23-;. The molecule has 2 fully saturated rings. The molecule has 1 aliphatic carbocycles. The van der Waals surface area contributed by atoms with Crippen LogP contribution in [0.2, 0.25) is 0 Å². The number of aromatic amines is 2. The van der Waals surface area contributed by atoms with E-state index in [4.69, 9.17) is 9.47 Å². The summed E-state index contributed by atoms with van der Waals surface area (Å²) >= 11 is 0. The Kier molecular flexibility index (Phi) is 10.5. The zero-order valence-electron chi connectivity index (χ0n) is 31.9. The van der Waals surface area contributed by atoms with E-state index in [9.17, 15) is 14.4 Å². The van der Waals surface area contributed by atoms with Crippen LogP contribution in [0.5, 0.6) is 0 Å². The van der Waals surface area contributed by atoms with E-state index in [1.807, 2.05) is 19.1 Å². The summed E-state index contributed by atoms with van der Waals surface area (Å²) in [7, 11) is 7.48. The van der Waals surface area contributed by atoms with Crippen LogP contribution in [-0.4, -0.2) is 95.7 Å². The summed E-state index contributed by atoms with van der Waals surface area (Å²) in [6, 6.07) is 6.08. The van der Waals surface area contributed by atoms with Gasteiger partial charge in [-0.25, -0.2) is 4.79 Å². The topological polar surface area (TPSA) is 125 Å². The number of quaternary nitrogens is 1. The molecule has 0 amide bonds. The fraction of sp³-hybridized carbons (Fsp3) is 0.625. The van der Waals surface area contributed by atoms with E-state index in [1.165, 1.54) is 18.4 Å². The SMILES string of the molecule is C=CC12NC(C)(CC3(CCC(=O)OCC[N+](C)(C)C)NC(C(=O)OC)(/C=c4/cc/c([nH]4)=C/c4cc5c([nH]4)C1(C)CC5)C(=O)C3C)C(CC)C2C.[I-]. The molecule has 0 radical (unpaired) electrons. The predicted octanol–water partition coefficient (Wildman–Crippen LogP) is 0.00130. The number of hydrogen-bond donors (Lipinski definition) is 4. The monoisotopic (exact) mass is 815 g/mol. The summed E-state index contributed by atoms with van der Waals surface area (Å²) < 4.78 is 11.8. The minimum Gasteiger partial charge on any atom is -1.00 e. The molecule has 0 aromatic carbocycles. The van der Waals surface area contributed by atoms with Gasteiger partial charge >= 0.3 is 11.9 Å². The van der Waals surface area contributed by atoms with Crippen molar-refractivity contribution in [2.75, 3.05) is 41.4 Å². The van der Waals surface area contributed by atoms with Gasteiger partial charge < -0.3 is 53.2 Å². The van der Waals surface area contributed by atoms with E-state index in [0.29, 0.717) is 35.8 Å². The molecule has 2 saturated heterocycles. The number of methoxy groups -OCH3 is 1.